The largest absolute Gasteiger partial charge is 0.334 e. The van der Waals surface area contributed by atoms with Gasteiger partial charge in [-0.1, -0.05) is 21.1 Å². The molecule has 104 valence electrons. The quantitative estimate of drug-likeness (QED) is 0.665. The fourth-order valence-electron chi connectivity index (χ4n) is 1.77. The van der Waals surface area contributed by atoms with Gasteiger partial charge in [0.15, 0.2) is 5.82 Å². The molecule has 1 N–H and O–H groups in total. The van der Waals surface area contributed by atoms with Crippen molar-refractivity contribution in [1.82, 2.24) is 15.5 Å². The minimum absolute atomic E-state index is 0.0229. The Bertz CT molecular complexity index is 654. The maximum absolute atomic E-state index is 10.8. The van der Waals surface area contributed by atoms with E-state index in [-0.39, 0.29) is 11.6 Å². The van der Waals surface area contributed by atoms with Crippen molar-refractivity contribution in [3.63, 3.8) is 0 Å². The molecular formula is C12H11BrN4O3. The van der Waals surface area contributed by atoms with Crippen LogP contribution in [0.4, 0.5) is 5.69 Å². The first kappa shape index (κ1) is 13.2. The van der Waals surface area contributed by atoms with Crippen molar-refractivity contribution in [1.29, 1.82) is 0 Å². The Morgan fingerprint density at radius 1 is 1.45 bits per heavy atom. The highest BCUT2D eigenvalue weighted by Gasteiger charge is 2.21. The molecule has 1 fully saturated rings. The predicted molar refractivity (Wildman–Crippen MR) is 74.0 cm³/mol. The van der Waals surface area contributed by atoms with Crippen molar-refractivity contribution < 1.29 is 9.45 Å². The Balaban J connectivity index is 1.82. The van der Waals surface area contributed by atoms with E-state index >= 15 is 0 Å². The Morgan fingerprint density at radius 2 is 2.25 bits per heavy atom. The third kappa shape index (κ3) is 3.02. The van der Waals surface area contributed by atoms with Crippen LogP contribution < -0.4 is 5.32 Å². The van der Waals surface area contributed by atoms with Gasteiger partial charge >= 0.3 is 0 Å². The lowest BCUT2D eigenvalue weighted by Gasteiger charge is -1.97. The molecule has 7 nitrogen and oxygen atoms in total. The van der Waals surface area contributed by atoms with Gasteiger partial charge in [0.25, 0.3) is 11.6 Å². The number of aromatic nitrogens is 2. The molecule has 0 radical (unpaired) electrons. The second kappa shape index (κ2) is 5.29. The number of nitrogens with one attached hydrogen (secondary N) is 1. The van der Waals surface area contributed by atoms with Crippen molar-refractivity contribution in [2.75, 3.05) is 0 Å². The van der Waals surface area contributed by atoms with Gasteiger partial charge in [-0.05, 0) is 18.9 Å². The Kier molecular flexibility index (Phi) is 3.49. The zero-order chi connectivity index (χ0) is 14.1. The Hall–Kier alpha value is -1.80. The molecule has 0 unspecified atom stereocenters. The summed E-state index contributed by atoms with van der Waals surface area (Å²) >= 11 is 3.24. The average Bonchev–Trinajstić information content (AvgIpc) is 3.12. The highest BCUT2D eigenvalue weighted by molar-refractivity contribution is 9.10. The number of halogens is 1. The molecule has 1 saturated carbocycles. The van der Waals surface area contributed by atoms with Crippen LogP contribution in [-0.4, -0.2) is 21.1 Å². The normalized spacial score (nSPS) is 14.4. The standard InChI is InChI=1S/C12H11BrN4O3/c13-8-3-7(4-10(5-8)17(18)19)12-15-11(16-20-12)6-14-9-1-2-9/h3-5,9,14H,1-2,6H2. The fraction of sp³-hybridized carbons (Fsp3) is 0.333. The lowest BCUT2D eigenvalue weighted by atomic mass is 10.2. The summed E-state index contributed by atoms with van der Waals surface area (Å²) in [4.78, 5) is 14.6. The van der Waals surface area contributed by atoms with Crippen molar-refractivity contribution in [2.45, 2.75) is 25.4 Å². The highest BCUT2D eigenvalue weighted by atomic mass is 79.9. The number of nitro benzene ring substituents is 1. The van der Waals surface area contributed by atoms with Gasteiger partial charge in [-0.2, -0.15) is 4.98 Å². The van der Waals surface area contributed by atoms with Gasteiger partial charge in [0.2, 0.25) is 0 Å². The minimum Gasteiger partial charge on any atom is -0.334 e. The van der Waals surface area contributed by atoms with E-state index in [2.05, 4.69) is 31.4 Å². The smallest absolute Gasteiger partial charge is 0.271 e. The van der Waals surface area contributed by atoms with E-state index < -0.39 is 4.92 Å². The summed E-state index contributed by atoms with van der Waals surface area (Å²) in [5.74, 6) is 0.830. The van der Waals surface area contributed by atoms with E-state index in [0.717, 1.165) is 0 Å². The number of rotatable bonds is 5. The summed E-state index contributed by atoms with van der Waals surface area (Å²) in [6, 6.07) is 5.11. The molecule has 1 aliphatic carbocycles. The van der Waals surface area contributed by atoms with E-state index in [1.54, 1.807) is 6.07 Å². The molecule has 8 heteroatoms. The van der Waals surface area contributed by atoms with Crippen molar-refractivity contribution in [3.05, 3.63) is 38.6 Å². The van der Waals surface area contributed by atoms with E-state index in [0.29, 0.717) is 28.4 Å². The third-order valence-corrected chi connectivity index (χ3v) is 3.39. The maximum atomic E-state index is 10.8. The minimum atomic E-state index is -0.458. The Morgan fingerprint density at radius 3 is 2.95 bits per heavy atom. The lowest BCUT2D eigenvalue weighted by molar-refractivity contribution is -0.384. The second-order valence-electron chi connectivity index (χ2n) is 4.63. The van der Waals surface area contributed by atoms with E-state index in [1.807, 2.05) is 0 Å². The first-order valence-electron chi connectivity index (χ1n) is 6.13. The molecule has 0 amide bonds. The van der Waals surface area contributed by atoms with Crippen LogP contribution >= 0.6 is 15.9 Å². The molecule has 0 aliphatic heterocycles. The monoisotopic (exact) mass is 338 g/mol. The van der Waals surface area contributed by atoms with Gasteiger partial charge in [0.1, 0.15) is 0 Å². The molecular weight excluding hydrogens is 328 g/mol. The van der Waals surface area contributed by atoms with Gasteiger partial charge < -0.3 is 9.84 Å². The second-order valence-corrected chi connectivity index (χ2v) is 5.54. The molecule has 0 spiro atoms. The number of hydrogen-bond acceptors (Lipinski definition) is 6. The summed E-state index contributed by atoms with van der Waals surface area (Å²) in [5, 5.41) is 18.0. The van der Waals surface area contributed by atoms with Crippen LogP contribution in [0.2, 0.25) is 0 Å². The Labute approximate surface area is 122 Å². The first-order valence-corrected chi connectivity index (χ1v) is 6.92. The summed E-state index contributed by atoms with van der Waals surface area (Å²) < 4.78 is 5.74. The van der Waals surface area contributed by atoms with E-state index in [1.165, 1.54) is 25.0 Å². The molecule has 0 bridgehead atoms. The van der Waals surface area contributed by atoms with Crippen LogP contribution in [0.3, 0.4) is 0 Å². The maximum Gasteiger partial charge on any atom is 0.271 e. The molecule has 1 heterocycles. The number of non-ortho nitro benzene ring substituents is 1. The van der Waals surface area contributed by atoms with Gasteiger partial charge in [0.05, 0.1) is 11.5 Å². The number of nitrogens with zero attached hydrogens (tertiary/aromatic N) is 3. The SMILES string of the molecule is O=[N+]([O-])c1cc(Br)cc(-c2nc(CNC3CC3)no2)c1. The lowest BCUT2D eigenvalue weighted by Crippen LogP contribution is -2.16. The summed E-state index contributed by atoms with van der Waals surface area (Å²) in [6.07, 6.45) is 2.37. The summed E-state index contributed by atoms with van der Waals surface area (Å²) in [5.41, 5.74) is 0.501. The molecule has 20 heavy (non-hydrogen) atoms. The topological polar surface area (TPSA) is 94.1 Å². The van der Waals surface area contributed by atoms with Crippen molar-refractivity contribution in [2.24, 2.45) is 0 Å². The van der Waals surface area contributed by atoms with Crippen LogP contribution in [0.5, 0.6) is 0 Å². The van der Waals surface area contributed by atoms with Crippen LogP contribution in [-0.2, 0) is 6.54 Å². The zero-order valence-corrected chi connectivity index (χ0v) is 12.0. The van der Waals surface area contributed by atoms with E-state index in [4.69, 9.17) is 4.52 Å². The van der Waals surface area contributed by atoms with Gasteiger partial charge in [-0.3, -0.25) is 10.1 Å². The molecule has 2 aromatic rings. The van der Waals surface area contributed by atoms with Crippen LogP contribution in [0.25, 0.3) is 11.5 Å². The predicted octanol–water partition coefficient (Wildman–Crippen LogP) is 2.66. The molecule has 1 aliphatic rings. The third-order valence-electron chi connectivity index (χ3n) is 2.93. The highest BCUT2D eigenvalue weighted by Crippen LogP contribution is 2.27. The fourth-order valence-corrected chi connectivity index (χ4v) is 2.25. The number of nitro groups is 1. The van der Waals surface area contributed by atoms with Gasteiger partial charge in [-0.25, -0.2) is 0 Å². The zero-order valence-electron chi connectivity index (χ0n) is 10.4. The molecule has 3 rings (SSSR count). The molecule has 1 aromatic carbocycles. The van der Waals surface area contributed by atoms with Crippen molar-refractivity contribution in [3.8, 4) is 11.5 Å². The molecule has 0 atom stereocenters. The van der Waals surface area contributed by atoms with Crippen LogP contribution in [0, 0.1) is 10.1 Å². The van der Waals surface area contributed by atoms with E-state index in [9.17, 15) is 10.1 Å². The average molecular weight is 339 g/mol. The van der Waals surface area contributed by atoms with Crippen LogP contribution in [0.15, 0.2) is 27.2 Å². The van der Waals surface area contributed by atoms with Crippen LogP contribution in [0.1, 0.15) is 18.7 Å². The number of benzene rings is 1. The molecule has 0 saturated heterocycles. The van der Waals surface area contributed by atoms with Gasteiger partial charge in [0, 0.05) is 28.2 Å². The summed E-state index contributed by atoms with van der Waals surface area (Å²) in [6.45, 7) is 0.546. The van der Waals surface area contributed by atoms with Gasteiger partial charge in [-0.15, -0.1) is 0 Å². The number of hydrogen-bond donors (Lipinski definition) is 1. The summed E-state index contributed by atoms with van der Waals surface area (Å²) in [7, 11) is 0. The molecule has 1 aromatic heterocycles. The first-order chi connectivity index (χ1) is 9.61. The van der Waals surface area contributed by atoms with Crippen molar-refractivity contribution >= 4 is 21.6 Å².